The van der Waals surface area contributed by atoms with Gasteiger partial charge in [-0.2, -0.15) is 18.4 Å². The van der Waals surface area contributed by atoms with Crippen molar-refractivity contribution in [2.45, 2.75) is 63.6 Å². The molecule has 0 aromatic heterocycles. The minimum absolute atomic E-state index is 0.228. The van der Waals surface area contributed by atoms with Crippen molar-refractivity contribution in [2.24, 2.45) is 11.8 Å². The van der Waals surface area contributed by atoms with E-state index in [0.717, 1.165) is 17.0 Å². The number of hydrogen-bond donors (Lipinski definition) is 1. The SMILES string of the molecule is CC(C)OC(=O)N[C@@H]1C[C@]2(C)O[C@@]1(C)[C@@H]1C(=O)N(c3ccc(C#N)c(C(F)(F)F)c3)C(=O)[C@@H]12. The number of benzene rings is 1. The molecule has 0 unspecified atom stereocenters. The summed E-state index contributed by atoms with van der Waals surface area (Å²) in [7, 11) is 0. The van der Waals surface area contributed by atoms with Gasteiger partial charge in [-0.1, -0.05) is 0 Å². The number of carbonyl (C=O) groups excluding carboxylic acids is 3. The van der Waals surface area contributed by atoms with Gasteiger partial charge in [0.05, 0.1) is 58.1 Å². The van der Waals surface area contributed by atoms with E-state index in [1.165, 1.54) is 6.07 Å². The van der Waals surface area contributed by atoms with Gasteiger partial charge in [0.2, 0.25) is 11.8 Å². The fourth-order valence-corrected chi connectivity index (χ4v) is 5.40. The molecule has 33 heavy (non-hydrogen) atoms. The molecule has 3 amide bonds. The van der Waals surface area contributed by atoms with E-state index in [-0.39, 0.29) is 18.2 Å². The number of hydrogen-bond acceptors (Lipinski definition) is 6. The summed E-state index contributed by atoms with van der Waals surface area (Å²) in [5, 5.41) is 11.7. The van der Waals surface area contributed by atoms with Gasteiger partial charge in [0, 0.05) is 6.42 Å². The van der Waals surface area contributed by atoms with E-state index in [0.29, 0.717) is 6.07 Å². The summed E-state index contributed by atoms with van der Waals surface area (Å²) >= 11 is 0. The number of nitrogens with zero attached hydrogens (tertiary/aromatic N) is 2. The molecule has 2 bridgehead atoms. The second kappa shape index (κ2) is 7.18. The number of nitriles is 1. The standard InChI is InChI=1S/C22H22F3N3O5/c1-10(2)32-19(31)27-14-8-20(3)15-16(21(14,4)33-20)18(30)28(17(15)29)12-6-5-11(9-26)13(7-12)22(23,24)25/h5-7,10,14-16H,8H2,1-4H3,(H,27,31)/t14-,15-,16+,20+,21-/m1/s1. The van der Waals surface area contributed by atoms with Crippen molar-refractivity contribution >= 4 is 23.6 Å². The molecule has 1 aromatic carbocycles. The molecule has 1 N–H and O–H groups in total. The Bertz CT molecular complexity index is 1100. The topological polar surface area (TPSA) is 109 Å². The zero-order valence-corrected chi connectivity index (χ0v) is 18.3. The summed E-state index contributed by atoms with van der Waals surface area (Å²) in [4.78, 5) is 39.6. The highest BCUT2D eigenvalue weighted by atomic mass is 19.4. The average molecular weight is 465 g/mol. The molecule has 5 atom stereocenters. The van der Waals surface area contributed by atoms with Gasteiger partial charge in [-0.15, -0.1) is 0 Å². The molecule has 3 fully saturated rings. The summed E-state index contributed by atoms with van der Waals surface area (Å²) in [5.41, 5.74) is -4.46. The fourth-order valence-electron chi connectivity index (χ4n) is 5.40. The Morgan fingerprint density at radius 3 is 2.48 bits per heavy atom. The van der Waals surface area contributed by atoms with Crippen LogP contribution < -0.4 is 10.2 Å². The monoisotopic (exact) mass is 465 g/mol. The third kappa shape index (κ3) is 3.35. The molecular weight excluding hydrogens is 443 g/mol. The lowest BCUT2D eigenvalue weighted by Crippen LogP contribution is -2.56. The van der Waals surface area contributed by atoms with Gasteiger partial charge in [0.1, 0.15) is 0 Å². The zero-order chi connectivity index (χ0) is 24.5. The van der Waals surface area contributed by atoms with Crippen molar-refractivity contribution in [2.75, 3.05) is 4.90 Å². The van der Waals surface area contributed by atoms with Crippen LogP contribution in [0.1, 0.15) is 45.2 Å². The molecule has 8 nitrogen and oxygen atoms in total. The molecule has 1 aromatic rings. The number of imide groups is 1. The number of rotatable bonds is 3. The van der Waals surface area contributed by atoms with Crippen LogP contribution in [0, 0.1) is 23.2 Å². The van der Waals surface area contributed by atoms with E-state index in [4.69, 9.17) is 14.7 Å². The number of anilines is 1. The molecule has 3 aliphatic rings. The third-order valence-corrected chi connectivity index (χ3v) is 6.66. The maximum absolute atomic E-state index is 13.4. The number of alkyl halides is 3. The predicted molar refractivity (Wildman–Crippen MR) is 107 cm³/mol. The Kier molecular flexibility index (Phi) is 5.02. The summed E-state index contributed by atoms with van der Waals surface area (Å²) in [6.07, 6.45) is -5.67. The minimum Gasteiger partial charge on any atom is -0.447 e. The number of amides is 3. The van der Waals surface area contributed by atoms with Crippen LogP contribution in [0.3, 0.4) is 0 Å². The van der Waals surface area contributed by atoms with Gasteiger partial charge in [0.15, 0.2) is 0 Å². The smallest absolute Gasteiger partial charge is 0.417 e. The molecule has 0 saturated carbocycles. The number of ether oxygens (including phenoxy) is 2. The van der Waals surface area contributed by atoms with Crippen LogP contribution in [-0.4, -0.2) is 41.3 Å². The van der Waals surface area contributed by atoms with Crippen LogP contribution in [0.15, 0.2) is 18.2 Å². The Morgan fingerprint density at radius 1 is 1.27 bits per heavy atom. The zero-order valence-electron chi connectivity index (χ0n) is 18.3. The normalized spacial score (nSPS) is 32.8. The predicted octanol–water partition coefficient (Wildman–Crippen LogP) is 3.14. The van der Waals surface area contributed by atoms with E-state index in [1.807, 2.05) is 0 Å². The van der Waals surface area contributed by atoms with Crippen molar-refractivity contribution in [3.63, 3.8) is 0 Å². The number of alkyl carbamates (subject to hydrolysis) is 1. The maximum Gasteiger partial charge on any atom is 0.417 e. The average Bonchev–Trinajstić information content (AvgIpc) is 3.21. The van der Waals surface area contributed by atoms with Crippen LogP contribution in [0.25, 0.3) is 0 Å². The summed E-state index contributed by atoms with van der Waals surface area (Å²) in [6, 6.07) is 3.56. The van der Waals surface area contributed by atoms with Crippen molar-refractivity contribution in [3.8, 4) is 6.07 Å². The Morgan fingerprint density at radius 2 is 1.91 bits per heavy atom. The first-order chi connectivity index (χ1) is 15.2. The third-order valence-electron chi connectivity index (χ3n) is 6.66. The second-order valence-electron chi connectivity index (χ2n) is 9.26. The summed E-state index contributed by atoms with van der Waals surface area (Å²) in [5.74, 6) is -3.30. The molecule has 0 aliphatic carbocycles. The van der Waals surface area contributed by atoms with E-state index in [9.17, 15) is 27.6 Å². The van der Waals surface area contributed by atoms with Crippen LogP contribution in [0.4, 0.5) is 23.7 Å². The minimum atomic E-state index is -4.84. The highest BCUT2D eigenvalue weighted by Gasteiger charge is 2.76. The first kappa shape index (κ1) is 23.0. The maximum atomic E-state index is 13.4. The Labute approximate surface area is 187 Å². The lowest BCUT2D eigenvalue weighted by atomic mass is 9.66. The van der Waals surface area contributed by atoms with E-state index >= 15 is 0 Å². The van der Waals surface area contributed by atoms with E-state index < -0.39 is 64.3 Å². The van der Waals surface area contributed by atoms with Gasteiger partial charge in [0.25, 0.3) is 0 Å². The first-order valence-electron chi connectivity index (χ1n) is 10.4. The van der Waals surface area contributed by atoms with Gasteiger partial charge < -0.3 is 14.8 Å². The number of halogens is 3. The van der Waals surface area contributed by atoms with Crippen molar-refractivity contribution in [3.05, 3.63) is 29.3 Å². The molecule has 0 radical (unpaired) electrons. The lowest BCUT2D eigenvalue weighted by Gasteiger charge is -2.35. The van der Waals surface area contributed by atoms with Gasteiger partial charge in [-0.3, -0.25) is 9.59 Å². The van der Waals surface area contributed by atoms with Crippen molar-refractivity contribution in [1.82, 2.24) is 5.32 Å². The summed E-state index contributed by atoms with van der Waals surface area (Å²) < 4.78 is 51.5. The molecule has 11 heteroatoms. The van der Waals surface area contributed by atoms with Crippen molar-refractivity contribution in [1.29, 1.82) is 5.26 Å². The van der Waals surface area contributed by atoms with Crippen LogP contribution in [-0.2, 0) is 25.2 Å². The van der Waals surface area contributed by atoms with Gasteiger partial charge in [-0.25, -0.2) is 9.69 Å². The van der Waals surface area contributed by atoms with Crippen LogP contribution in [0.5, 0.6) is 0 Å². The number of carbonyl (C=O) groups is 3. The highest BCUT2D eigenvalue weighted by molar-refractivity contribution is 6.23. The molecule has 4 rings (SSSR count). The Hall–Kier alpha value is -3.13. The second-order valence-corrected chi connectivity index (χ2v) is 9.26. The first-order valence-corrected chi connectivity index (χ1v) is 10.4. The molecule has 3 heterocycles. The number of fused-ring (bicyclic) bond motifs is 5. The van der Waals surface area contributed by atoms with Gasteiger partial charge >= 0.3 is 12.3 Å². The molecule has 3 aliphatic heterocycles. The van der Waals surface area contributed by atoms with Crippen molar-refractivity contribution < 1.29 is 37.0 Å². The molecule has 0 spiro atoms. The Balaban J connectivity index is 1.70. The summed E-state index contributed by atoms with van der Waals surface area (Å²) in [6.45, 7) is 6.62. The van der Waals surface area contributed by atoms with Crippen LogP contribution >= 0.6 is 0 Å². The number of nitrogens with one attached hydrogen (secondary N) is 1. The lowest BCUT2D eigenvalue weighted by molar-refractivity contribution is -0.138. The van der Waals surface area contributed by atoms with E-state index in [2.05, 4.69) is 5.32 Å². The molecular formula is C22H22F3N3O5. The molecule has 176 valence electrons. The highest BCUT2D eigenvalue weighted by Crippen LogP contribution is 2.61. The van der Waals surface area contributed by atoms with Crippen LogP contribution in [0.2, 0.25) is 0 Å². The van der Waals surface area contributed by atoms with E-state index in [1.54, 1.807) is 27.7 Å². The fraction of sp³-hybridized carbons (Fsp3) is 0.545. The quantitative estimate of drug-likeness (QED) is 0.687. The largest absolute Gasteiger partial charge is 0.447 e. The van der Waals surface area contributed by atoms with Gasteiger partial charge in [-0.05, 0) is 45.9 Å². The molecule has 3 saturated heterocycles.